The van der Waals surface area contributed by atoms with Crippen molar-refractivity contribution in [3.63, 3.8) is 0 Å². The van der Waals surface area contributed by atoms with Gasteiger partial charge in [0.1, 0.15) is 17.4 Å². The maximum Gasteiger partial charge on any atom is 0.330 e. The number of nitriles is 1. The first-order chi connectivity index (χ1) is 10.2. The zero-order chi connectivity index (χ0) is 15.2. The first kappa shape index (κ1) is 14.5. The van der Waals surface area contributed by atoms with E-state index in [1.807, 2.05) is 0 Å². The van der Waals surface area contributed by atoms with Crippen molar-refractivity contribution in [2.75, 3.05) is 19.0 Å². The predicted octanol–water partition coefficient (Wildman–Crippen LogP) is 2.12. The molecule has 0 aliphatic rings. The topological polar surface area (TPSA) is 93.0 Å². The van der Waals surface area contributed by atoms with E-state index in [4.69, 9.17) is 14.7 Å². The van der Waals surface area contributed by atoms with E-state index in [9.17, 15) is 4.39 Å². The summed E-state index contributed by atoms with van der Waals surface area (Å²) in [4.78, 5) is 11.9. The predicted molar refractivity (Wildman–Crippen MR) is 71.7 cm³/mol. The largest absolute Gasteiger partial charge is 0.464 e. The van der Waals surface area contributed by atoms with E-state index in [0.717, 1.165) is 0 Å². The minimum Gasteiger partial charge on any atom is -0.464 e. The van der Waals surface area contributed by atoms with E-state index in [2.05, 4.69) is 20.3 Å². The number of nitrogens with one attached hydrogen (secondary N) is 1. The Morgan fingerprint density at radius 2 is 2.05 bits per heavy atom. The third-order valence-corrected chi connectivity index (χ3v) is 2.38. The molecule has 1 aromatic carbocycles. The second-order valence-electron chi connectivity index (χ2n) is 3.73. The smallest absolute Gasteiger partial charge is 0.330 e. The van der Waals surface area contributed by atoms with Crippen LogP contribution in [-0.4, -0.2) is 28.6 Å². The third kappa shape index (κ3) is 3.33. The number of halogens is 1. The Balaban J connectivity index is 2.37. The Morgan fingerprint density at radius 3 is 2.71 bits per heavy atom. The van der Waals surface area contributed by atoms with Gasteiger partial charge in [-0.3, -0.25) is 0 Å². The molecule has 0 amide bonds. The highest BCUT2D eigenvalue weighted by Gasteiger charge is 2.13. The molecule has 0 spiro atoms. The molecule has 1 N–H and O–H groups in total. The molecule has 0 saturated heterocycles. The molecule has 1 aromatic heterocycles. The fraction of sp³-hybridized carbons (Fsp3) is 0.231. The van der Waals surface area contributed by atoms with Gasteiger partial charge in [-0.05, 0) is 19.1 Å². The van der Waals surface area contributed by atoms with Crippen LogP contribution in [0.5, 0.6) is 17.8 Å². The lowest BCUT2D eigenvalue weighted by Gasteiger charge is -2.08. The molecule has 8 heteroatoms. The summed E-state index contributed by atoms with van der Waals surface area (Å²) in [6.07, 6.45) is 0. The molecule has 0 aliphatic carbocycles. The normalized spacial score (nSPS) is 9.81. The zero-order valence-electron chi connectivity index (χ0n) is 11.4. The van der Waals surface area contributed by atoms with Crippen molar-refractivity contribution in [1.29, 1.82) is 5.26 Å². The summed E-state index contributed by atoms with van der Waals surface area (Å²) < 4.78 is 24.1. The van der Waals surface area contributed by atoms with Crippen molar-refractivity contribution < 1.29 is 13.9 Å². The van der Waals surface area contributed by atoms with Crippen LogP contribution >= 0.6 is 0 Å². The van der Waals surface area contributed by atoms with Gasteiger partial charge in [0, 0.05) is 7.05 Å². The molecular weight excluding hydrogens is 277 g/mol. The van der Waals surface area contributed by atoms with Gasteiger partial charge in [-0.1, -0.05) is 6.07 Å². The first-order valence-electron chi connectivity index (χ1n) is 6.11. The molecule has 0 fully saturated rings. The molecule has 7 nitrogen and oxygen atoms in total. The van der Waals surface area contributed by atoms with Gasteiger partial charge in [0.25, 0.3) is 0 Å². The maximum absolute atomic E-state index is 13.5. The van der Waals surface area contributed by atoms with Crippen molar-refractivity contribution in [2.45, 2.75) is 6.92 Å². The molecule has 0 unspecified atom stereocenters. The number of benzene rings is 1. The van der Waals surface area contributed by atoms with Crippen LogP contribution in [0.4, 0.5) is 10.3 Å². The van der Waals surface area contributed by atoms with Crippen LogP contribution in [0.25, 0.3) is 0 Å². The van der Waals surface area contributed by atoms with E-state index in [1.165, 1.54) is 18.2 Å². The maximum atomic E-state index is 13.5. The van der Waals surface area contributed by atoms with Crippen molar-refractivity contribution in [2.24, 2.45) is 0 Å². The molecule has 1 heterocycles. The molecule has 0 aliphatic heterocycles. The van der Waals surface area contributed by atoms with Crippen LogP contribution in [0.1, 0.15) is 12.5 Å². The van der Waals surface area contributed by atoms with Gasteiger partial charge in [-0.15, -0.1) is 4.98 Å². The van der Waals surface area contributed by atoms with E-state index < -0.39 is 5.82 Å². The Morgan fingerprint density at radius 1 is 1.29 bits per heavy atom. The monoisotopic (exact) mass is 289 g/mol. The SMILES string of the molecule is CCOc1nc(NC)nc(Oc2cccc(F)c2C#N)n1. The van der Waals surface area contributed by atoms with Crippen molar-refractivity contribution in [1.82, 2.24) is 15.0 Å². The standard InChI is InChI=1S/C13H12FN5O2/c1-3-20-12-17-11(16-2)18-13(19-12)21-10-6-4-5-9(14)8(10)7-15/h4-6H,3H2,1-2H3,(H,16,17,18,19). The number of rotatable bonds is 5. The molecule has 2 aromatic rings. The Hall–Kier alpha value is -2.95. The molecule has 0 atom stereocenters. The Bertz CT molecular complexity index is 687. The summed E-state index contributed by atoms with van der Waals surface area (Å²) in [5, 5.41) is 11.7. The molecule has 21 heavy (non-hydrogen) atoms. The number of aromatic nitrogens is 3. The number of nitrogens with zero attached hydrogens (tertiary/aromatic N) is 4. The fourth-order valence-corrected chi connectivity index (χ4v) is 1.49. The van der Waals surface area contributed by atoms with Crippen LogP contribution in [0.15, 0.2) is 18.2 Å². The van der Waals surface area contributed by atoms with Gasteiger partial charge < -0.3 is 14.8 Å². The second-order valence-corrected chi connectivity index (χ2v) is 3.73. The van der Waals surface area contributed by atoms with Gasteiger partial charge in [0.2, 0.25) is 5.95 Å². The summed E-state index contributed by atoms with van der Waals surface area (Å²) in [5.41, 5.74) is -0.220. The Kier molecular flexibility index (Phi) is 4.46. The van der Waals surface area contributed by atoms with Crippen LogP contribution in [0.3, 0.4) is 0 Å². The number of ether oxygens (including phenoxy) is 2. The van der Waals surface area contributed by atoms with Crippen LogP contribution < -0.4 is 14.8 Å². The van der Waals surface area contributed by atoms with Crippen LogP contribution in [-0.2, 0) is 0 Å². The number of hydrogen-bond acceptors (Lipinski definition) is 7. The quantitative estimate of drug-likeness (QED) is 0.901. The fourth-order valence-electron chi connectivity index (χ4n) is 1.49. The van der Waals surface area contributed by atoms with E-state index in [0.29, 0.717) is 6.61 Å². The van der Waals surface area contributed by atoms with Gasteiger partial charge in [-0.25, -0.2) is 4.39 Å². The molecule has 2 rings (SSSR count). The summed E-state index contributed by atoms with van der Waals surface area (Å²) in [6.45, 7) is 2.15. The second kappa shape index (κ2) is 6.47. The third-order valence-electron chi connectivity index (χ3n) is 2.38. The minimum absolute atomic E-state index is 0.0215. The molecule has 0 saturated carbocycles. The first-order valence-corrected chi connectivity index (χ1v) is 6.11. The summed E-state index contributed by atoms with van der Waals surface area (Å²) in [7, 11) is 1.62. The van der Waals surface area contributed by atoms with Crippen molar-refractivity contribution >= 4 is 5.95 Å². The highest BCUT2D eigenvalue weighted by Crippen LogP contribution is 2.25. The van der Waals surface area contributed by atoms with Gasteiger partial charge in [-0.2, -0.15) is 15.2 Å². The van der Waals surface area contributed by atoms with Crippen molar-refractivity contribution in [3.8, 4) is 23.8 Å². The number of anilines is 1. The summed E-state index contributed by atoms with van der Waals surface area (Å²) >= 11 is 0. The summed E-state index contributed by atoms with van der Waals surface area (Å²) in [6, 6.07) is 5.75. The van der Waals surface area contributed by atoms with E-state index >= 15 is 0 Å². The zero-order valence-corrected chi connectivity index (χ0v) is 11.4. The molecular formula is C13H12FN5O2. The van der Waals surface area contributed by atoms with Crippen LogP contribution in [0, 0.1) is 17.1 Å². The number of hydrogen-bond donors (Lipinski definition) is 1. The lowest BCUT2D eigenvalue weighted by molar-refractivity contribution is 0.303. The van der Waals surface area contributed by atoms with E-state index in [1.54, 1.807) is 20.0 Å². The van der Waals surface area contributed by atoms with Gasteiger partial charge in [0.05, 0.1) is 6.61 Å². The molecule has 0 bridgehead atoms. The van der Waals surface area contributed by atoms with E-state index in [-0.39, 0.29) is 29.3 Å². The highest BCUT2D eigenvalue weighted by molar-refractivity contribution is 5.45. The Labute approximate surface area is 120 Å². The minimum atomic E-state index is -0.678. The van der Waals surface area contributed by atoms with Crippen LogP contribution in [0.2, 0.25) is 0 Å². The molecule has 0 radical (unpaired) electrons. The lowest BCUT2D eigenvalue weighted by atomic mass is 10.2. The van der Waals surface area contributed by atoms with Crippen molar-refractivity contribution in [3.05, 3.63) is 29.6 Å². The summed E-state index contributed by atoms with van der Waals surface area (Å²) in [5.74, 6) is -0.422. The average molecular weight is 289 g/mol. The molecule has 108 valence electrons. The van der Waals surface area contributed by atoms with Gasteiger partial charge >= 0.3 is 12.0 Å². The van der Waals surface area contributed by atoms with Gasteiger partial charge in [0.15, 0.2) is 5.75 Å². The lowest BCUT2D eigenvalue weighted by Crippen LogP contribution is -2.05. The highest BCUT2D eigenvalue weighted by atomic mass is 19.1. The average Bonchev–Trinajstić information content (AvgIpc) is 2.47.